The molecule has 0 saturated heterocycles. The first kappa shape index (κ1) is 18.4. The summed E-state index contributed by atoms with van der Waals surface area (Å²) in [5, 5.41) is 8.62. The summed E-state index contributed by atoms with van der Waals surface area (Å²) >= 11 is 0. The average Bonchev–Trinajstić information content (AvgIpc) is 2.53. The predicted octanol–water partition coefficient (Wildman–Crippen LogP) is 2.87. The van der Waals surface area contributed by atoms with Crippen LogP contribution >= 0.6 is 0 Å². The summed E-state index contributed by atoms with van der Waals surface area (Å²) < 4.78 is 0. The summed E-state index contributed by atoms with van der Waals surface area (Å²) in [5.41, 5.74) is 2.48. The molecule has 132 valence electrons. The average molecular weight is 341 g/mol. The molecule has 0 aliphatic carbocycles. The standard InChI is InChI=1S/C18H23N5O2/c1-11(2)10-19-17(25)16-9-12(3)20-18(23-16)22-15-7-5-14(6-8-15)21-13(4)24/h5-9,11H,10H2,1-4H3,(H,19,25)(H,21,24)(H,20,22,23). The monoisotopic (exact) mass is 341 g/mol. The van der Waals surface area contributed by atoms with E-state index in [2.05, 4.69) is 25.9 Å². The molecule has 1 heterocycles. The molecule has 0 spiro atoms. The van der Waals surface area contributed by atoms with E-state index in [1.165, 1.54) is 6.92 Å². The van der Waals surface area contributed by atoms with Crippen LogP contribution in [0.2, 0.25) is 0 Å². The molecule has 7 nitrogen and oxygen atoms in total. The van der Waals surface area contributed by atoms with Gasteiger partial charge < -0.3 is 16.0 Å². The van der Waals surface area contributed by atoms with Crippen molar-refractivity contribution in [2.24, 2.45) is 5.92 Å². The van der Waals surface area contributed by atoms with Gasteiger partial charge in [0.15, 0.2) is 0 Å². The maximum atomic E-state index is 12.2. The van der Waals surface area contributed by atoms with Crippen LogP contribution in [0.5, 0.6) is 0 Å². The molecule has 0 radical (unpaired) electrons. The van der Waals surface area contributed by atoms with E-state index < -0.39 is 0 Å². The number of aryl methyl sites for hydroxylation is 1. The van der Waals surface area contributed by atoms with Gasteiger partial charge in [0.25, 0.3) is 5.91 Å². The summed E-state index contributed by atoms with van der Waals surface area (Å²) in [6.45, 7) is 7.92. The molecule has 0 bridgehead atoms. The van der Waals surface area contributed by atoms with Gasteiger partial charge in [0, 0.05) is 30.5 Å². The van der Waals surface area contributed by atoms with Crippen molar-refractivity contribution in [2.75, 3.05) is 17.2 Å². The molecule has 0 fully saturated rings. The van der Waals surface area contributed by atoms with E-state index in [0.29, 0.717) is 35.5 Å². The Hall–Kier alpha value is -2.96. The normalized spacial score (nSPS) is 10.4. The van der Waals surface area contributed by atoms with Crippen LogP contribution in [0.3, 0.4) is 0 Å². The third-order valence-corrected chi connectivity index (χ3v) is 3.22. The minimum atomic E-state index is -0.219. The van der Waals surface area contributed by atoms with Crippen molar-refractivity contribution in [3.8, 4) is 0 Å². The molecule has 1 aromatic carbocycles. The lowest BCUT2D eigenvalue weighted by Crippen LogP contribution is -2.28. The molecule has 0 unspecified atom stereocenters. The van der Waals surface area contributed by atoms with Crippen LogP contribution in [0.4, 0.5) is 17.3 Å². The number of nitrogens with one attached hydrogen (secondary N) is 3. The van der Waals surface area contributed by atoms with Gasteiger partial charge >= 0.3 is 0 Å². The summed E-state index contributed by atoms with van der Waals surface area (Å²) in [6.07, 6.45) is 0. The second-order valence-corrected chi connectivity index (χ2v) is 6.21. The molecule has 0 atom stereocenters. The van der Waals surface area contributed by atoms with Crippen molar-refractivity contribution in [1.82, 2.24) is 15.3 Å². The minimum Gasteiger partial charge on any atom is -0.350 e. The van der Waals surface area contributed by atoms with Crippen molar-refractivity contribution in [1.29, 1.82) is 0 Å². The van der Waals surface area contributed by atoms with Crippen LogP contribution in [-0.2, 0) is 4.79 Å². The lowest BCUT2D eigenvalue weighted by Gasteiger charge is -2.10. The summed E-state index contributed by atoms with van der Waals surface area (Å²) in [5.74, 6) is 0.372. The van der Waals surface area contributed by atoms with E-state index in [1.807, 2.05) is 20.8 Å². The van der Waals surface area contributed by atoms with Crippen LogP contribution in [0, 0.1) is 12.8 Å². The Morgan fingerprint density at radius 2 is 1.72 bits per heavy atom. The van der Waals surface area contributed by atoms with Crippen molar-refractivity contribution in [3.05, 3.63) is 41.7 Å². The number of nitrogens with zero attached hydrogens (tertiary/aromatic N) is 2. The molecule has 1 aromatic heterocycles. The van der Waals surface area contributed by atoms with Crippen LogP contribution < -0.4 is 16.0 Å². The Balaban J connectivity index is 2.11. The Bertz CT molecular complexity index is 757. The van der Waals surface area contributed by atoms with Gasteiger partial charge in [-0.2, -0.15) is 0 Å². The van der Waals surface area contributed by atoms with Crippen LogP contribution in [0.1, 0.15) is 37.0 Å². The molecule has 0 aliphatic rings. The van der Waals surface area contributed by atoms with E-state index in [-0.39, 0.29) is 11.8 Å². The number of carbonyl (C=O) groups excluding carboxylic acids is 2. The van der Waals surface area contributed by atoms with E-state index in [4.69, 9.17) is 0 Å². The Labute approximate surface area is 147 Å². The van der Waals surface area contributed by atoms with Gasteiger partial charge in [0.2, 0.25) is 11.9 Å². The third kappa shape index (κ3) is 5.87. The molecule has 0 aliphatic heterocycles. The van der Waals surface area contributed by atoms with Gasteiger partial charge in [-0.3, -0.25) is 9.59 Å². The van der Waals surface area contributed by atoms with Gasteiger partial charge in [0.05, 0.1) is 0 Å². The van der Waals surface area contributed by atoms with E-state index >= 15 is 0 Å². The Kier molecular flexibility index (Phi) is 6.05. The lowest BCUT2D eigenvalue weighted by molar-refractivity contribution is -0.114. The molecular formula is C18H23N5O2. The number of amides is 2. The molecule has 3 N–H and O–H groups in total. The van der Waals surface area contributed by atoms with Gasteiger partial charge in [0.1, 0.15) is 5.69 Å². The zero-order chi connectivity index (χ0) is 18.4. The topological polar surface area (TPSA) is 96.0 Å². The quantitative estimate of drug-likeness (QED) is 0.751. The summed E-state index contributed by atoms with van der Waals surface area (Å²) in [4.78, 5) is 31.8. The van der Waals surface area contributed by atoms with Crippen LogP contribution in [0.25, 0.3) is 0 Å². The molecule has 2 amide bonds. The number of rotatable bonds is 6. The van der Waals surface area contributed by atoms with Crippen molar-refractivity contribution in [2.45, 2.75) is 27.7 Å². The van der Waals surface area contributed by atoms with Crippen molar-refractivity contribution in [3.63, 3.8) is 0 Å². The number of anilines is 3. The van der Waals surface area contributed by atoms with E-state index in [1.54, 1.807) is 30.3 Å². The number of hydrogen-bond donors (Lipinski definition) is 3. The Morgan fingerprint density at radius 3 is 2.32 bits per heavy atom. The summed E-state index contributed by atoms with van der Waals surface area (Å²) in [7, 11) is 0. The highest BCUT2D eigenvalue weighted by Crippen LogP contribution is 2.17. The minimum absolute atomic E-state index is 0.125. The SMILES string of the molecule is CC(=O)Nc1ccc(Nc2nc(C)cc(C(=O)NCC(C)C)n2)cc1. The van der Waals surface area contributed by atoms with Gasteiger partial charge in [-0.05, 0) is 43.2 Å². The van der Waals surface area contributed by atoms with Crippen molar-refractivity contribution < 1.29 is 9.59 Å². The maximum Gasteiger partial charge on any atom is 0.270 e. The Morgan fingerprint density at radius 1 is 1.08 bits per heavy atom. The number of benzene rings is 1. The fraction of sp³-hybridized carbons (Fsp3) is 0.333. The number of carbonyl (C=O) groups is 2. The fourth-order valence-corrected chi connectivity index (χ4v) is 2.10. The molecular weight excluding hydrogens is 318 g/mol. The first-order valence-electron chi connectivity index (χ1n) is 8.12. The molecule has 2 aromatic rings. The highest BCUT2D eigenvalue weighted by Gasteiger charge is 2.11. The maximum absolute atomic E-state index is 12.2. The number of hydrogen-bond acceptors (Lipinski definition) is 5. The van der Waals surface area contributed by atoms with Gasteiger partial charge in [-0.15, -0.1) is 0 Å². The van der Waals surface area contributed by atoms with Crippen LogP contribution in [-0.4, -0.2) is 28.3 Å². The van der Waals surface area contributed by atoms with Crippen LogP contribution in [0.15, 0.2) is 30.3 Å². The van der Waals surface area contributed by atoms with Gasteiger partial charge in [-0.25, -0.2) is 9.97 Å². The molecule has 0 saturated carbocycles. The first-order chi connectivity index (χ1) is 11.8. The highest BCUT2D eigenvalue weighted by atomic mass is 16.2. The second-order valence-electron chi connectivity index (χ2n) is 6.21. The third-order valence-electron chi connectivity index (χ3n) is 3.22. The zero-order valence-corrected chi connectivity index (χ0v) is 14.9. The predicted molar refractivity (Wildman–Crippen MR) is 98.0 cm³/mol. The van der Waals surface area contributed by atoms with Gasteiger partial charge in [-0.1, -0.05) is 13.8 Å². The number of aromatic nitrogens is 2. The summed E-state index contributed by atoms with van der Waals surface area (Å²) in [6, 6.07) is 8.80. The molecule has 25 heavy (non-hydrogen) atoms. The fourth-order valence-electron chi connectivity index (χ4n) is 2.10. The lowest BCUT2D eigenvalue weighted by atomic mass is 10.2. The largest absolute Gasteiger partial charge is 0.350 e. The smallest absolute Gasteiger partial charge is 0.270 e. The zero-order valence-electron chi connectivity index (χ0n) is 14.9. The van der Waals surface area contributed by atoms with Crippen molar-refractivity contribution >= 4 is 29.1 Å². The molecule has 7 heteroatoms. The second kappa shape index (κ2) is 8.23. The molecule has 2 rings (SSSR count). The highest BCUT2D eigenvalue weighted by molar-refractivity contribution is 5.92. The van der Waals surface area contributed by atoms with E-state index in [0.717, 1.165) is 5.69 Å². The first-order valence-corrected chi connectivity index (χ1v) is 8.12. The van der Waals surface area contributed by atoms with E-state index in [9.17, 15) is 9.59 Å².